The van der Waals surface area contributed by atoms with E-state index in [0.717, 1.165) is 23.2 Å². The number of ether oxygens (including phenoxy) is 2. The Hall–Kier alpha value is -1.09. The first-order valence-corrected chi connectivity index (χ1v) is 7.14. The number of nitriles is 1. The third kappa shape index (κ3) is 4.20. The molecule has 0 radical (unpaired) electrons. The van der Waals surface area contributed by atoms with Crippen LogP contribution in [-0.2, 0) is 9.47 Å². The lowest BCUT2D eigenvalue weighted by Crippen LogP contribution is -2.26. The maximum atomic E-state index is 8.82. The van der Waals surface area contributed by atoms with Gasteiger partial charge in [-0.05, 0) is 47.5 Å². The molecule has 1 aromatic carbocycles. The lowest BCUT2D eigenvalue weighted by atomic mass is 10.2. The number of anilines is 1. The molecule has 1 fully saturated rings. The summed E-state index contributed by atoms with van der Waals surface area (Å²) >= 11 is 3.46. The molecule has 1 heterocycles. The van der Waals surface area contributed by atoms with Crippen LogP contribution in [0.25, 0.3) is 0 Å². The van der Waals surface area contributed by atoms with Crippen LogP contribution in [-0.4, -0.2) is 32.0 Å². The second-order valence-corrected chi connectivity index (χ2v) is 5.53. The minimum absolute atomic E-state index is 0.199. The Balaban J connectivity index is 1.84. The summed E-state index contributed by atoms with van der Waals surface area (Å²) in [5.74, 6) is 0. The minimum Gasteiger partial charge on any atom is -0.379 e. The van der Waals surface area contributed by atoms with Crippen LogP contribution in [0.3, 0.4) is 0 Å². The van der Waals surface area contributed by atoms with Gasteiger partial charge >= 0.3 is 0 Å². The fourth-order valence-electron chi connectivity index (χ4n) is 1.93. The zero-order valence-corrected chi connectivity index (χ0v) is 12.4. The minimum atomic E-state index is 0.199. The summed E-state index contributed by atoms with van der Waals surface area (Å²) in [6, 6.07) is 7.82. The standard InChI is InChI=1S/C14H17BrN2O2/c1-10(8-19-12-4-5-18-9-12)17-14-3-2-11(7-16)6-13(14)15/h2-3,6,10,12,17H,4-5,8-9H2,1H3/t10-,12-/m1/s1. The number of halogens is 1. The van der Waals surface area contributed by atoms with Crippen LogP contribution in [0.2, 0.25) is 0 Å². The average Bonchev–Trinajstić information content (AvgIpc) is 2.92. The number of hydrogen-bond donors (Lipinski definition) is 1. The Morgan fingerprint density at radius 3 is 3.11 bits per heavy atom. The van der Waals surface area contributed by atoms with Crippen molar-refractivity contribution in [1.82, 2.24) is 0 Å². The SMILES string of the molecule is C[C@H](CO[C@@H]1CCOC1)Nc1ccc(C#N)cc1Br. The van der Waals surface area contributed by atoms with E-state index in [1.807, 2.05) is 6.07 Å². The fourth-order valence-corrected chi connectivity index (χ4v) is 2.43. The van der Waals surface area contributed by atoms with Gasteiger partial charge < -0.3 is 14.8 Å². The van der Waals surface area contributed by atoms with E-state index < -0.39 is 0 Å². The highest BCUT2D eigenvalue weighted by Crippen LogP contribution is 2.24. The van der Waals surface area contributed by atoms with Gasteiger partial charge in [0, 0.05) is 22.8 Å². The Morgan fingerprint density at radius 1 is 1.63 bits per heavy atom. The van der Waals surface area contributed by atoms with E-state index >= 15 is 0 Å². The van der Waals surface area contributed by atoms with E-state index in [-0.39, 0.29) is 12.1 Å². The summed E-state index contributed by atoms with van der Waals surface area (Å²) in [6.07, 6.45) is 1.21. The molecule has 0 aliphatic carbocycles. The summed E-state index contributed by atoms with van der Waals surface area (Å²) in [4.78, 5) is 0. The van der Waals surface area contributed by atoms with Crippen molar-refractivity contribution in [3.63, 3.8) is 0 Å². The van der Waals surface area contributed by atoms with Gasteiger partial charge in [-0.2, -0.15) is 5.26 Å². The van der Waals surface area contributed by atoms with Gasteiger partial charge in [-0.25, -0.2) is 0 Å². The summed E-state index contributed by atoms with van der Waals surface area (Å²) in [5.41, 5.74) is 1.61. The maximum absolute atomic E-state index is 8.82. The molecular weight excluding hydrogens is 308 g/mol. The molecule has 102 valence electrons. The van der Waals surface area contributed by atoms with E-state index in [1.54, 1.807) is 12.1 Å². The van der Waals surface area contributed by atoms with Gasteiger partial charge in [0.1, 0.15) is 0 Å². The van der Waals surface area contributed by atoms with Crippen LogP contribution in [0.1, 0.15) is 18.9 Å². The van der Waals surface area contributed by atoms with Crippen LogP contribution in [0.15, 0.2) is 22.7 Å². The largest absolute Gasteiger partial charge is 0.379 e. The number of nitrogens with zero attached hydrogens (tertiary/aromatic N) is 1. The Labute approximate surface area is 121 Å². The molecule has 1 aromatic rings. The molecule has 0 amide bonds. The first-order valence-electron chi connectivity index (χ1n) is 6.34. The number of benzene rings is 1. The molecule has 1 N–H and O–H groups in total. The maximum Gasteiger partial charge on any atom is 0.0992 e. The van der Waals surface area contributed by atoms with Gasteiger partial charge in [0.05, 0.1) is 31.0 Å². The lowest BCUT2D eigenvalue weighted by molar-refractivity contribution is 0.0395. The summed E-state index contributed by atoms with van der Waals surface area (Å²) in [5, 5.41) is 12.2. The van der Waals surface area contributed by atoms with E-state index in [2.05, 4.69) is 34.2 Å². The molecule has 1 saturated heterocycles. The molecule has 0 bridgehead atoms. The Kier molecular flexibility index (Phi) is 5.20. The van der Waals surface area contributed by atoms with E-state index in [4.69, 9.17) is 14.7 Å². The van der Waals surface area contributed by atoms with Gasteiger partial charge in [0.25, 0.3) is 0 Å². The Bertz CT molecular complexity index is 467. The second-order valence-electron chi connectivity index (χ2n) is 4.67. The van der Waals surface area contributed by atoms with Crippen LogP contribution in [0, 0.1) is 11.3 Å². The first-order chi connectivity index (χ1) is 9.19. The molecule has 0 unspecified atom stereocenters. The zero-order chi connectivity index (χ0) is 13.7. The van der Waals surface area contributed by atoms with Crippen molar-refractivity contribution in [3.05, 3.63) is 28.2 Å². The Morgan fingerprint density at radius 2 is 2.47 bits per heavy atom. The number of hydrogen-bond acceptors (Lipinski definition) is 4. The van der Waals surface area contributed by atoms with Gasteiger partial charge in [0.15, 0.2) is 0 Å². The van der Waals surface area contributed by atoms with Gasteiger partial charge in [0.2, 0.25) is 0 Å². The van der Waals surface area contributed by atoms with Crippen LogP contribution >= 0.6 is 15.9 Å². The number of rotatable bonds is 5. The van der Waals surface area contributed by atoms with Crippen LogP contribution < -0.4 is 5.32 Å². The van der Waals surface area contributed by atoms with E-state index in [0.29, 0.717) is 18.8 Å². The summed E-state index contributed by atoms with van der Waals surface area (Å²) in [7, 11) is 0. The van der Waals surface area contributed by atoms with Gasteiger partial charge in [-0.1, -0.05) is 0 Å². The molecular formula is C14H17BrN2O2. The molecule has 1 aliphatic rings. The normalized spacial score (nSPS) is 19.9. The third-order valence-electron chi connectivity index (χ3n) is 2.97. The lowest BCUT2D eigenvalue weighted by Gasteiger charge is -2.18. The first kappa shape index (κ1) is 14.3. The van der Waals surface area contributed by atoms with Crippen molar-refractivity contribution in [1.29, 1.82) is 5.26 Å². The summed E-state index contributed by atoms with van der Waals surface area (Å²) in [6.45, 7) is 4.21. The fraction of sp³-hybridized carbons (Fsp3) is 0.500. The highest BCUT2D eigenvalue weighted by atomic mass is 79.9. The van der Waals surface area contributed by atoms with Gasteiger partial charge in [-0.3, -0.25) is 0 Å². The van der Waals surface area contributed by atoms with E-state index in [1.165, 1.54) is 0 Å². The molecule has 2 rings (SSSR count). The number of nitrogens with one attached hydrogen (secondary N) is 1. The molecule has 0 spiro atoms. The monoisotopic (exact) mass is 324 g/mol. The molecule has 0 aromatic heterocycles. The van der Waals surface area contributed by atoms with Crippen molar-refractivity contribution in [2.75, 3.05) is 25.1 Å². The molecule has 1 aliphatic heterocycles. The quantitative estimate of drug-likeness (QED) is 0.904. The highest BCUT2D eigenvalue weighted by Gasteiger charge is 2.17. The smallest absolute Gasteiger partial charge is 0.0992 e. The second kappa shape index (κ2) is 6.90. The average molecular weight is 325 g/mol. The predicted octanol–water partition coefficient (Wildman–Crippen LogP) is 2.93. The third-order valence-corrected chi connectivity index (χ3v) is 3.63. The predicted molar refractivity (Wildman–Crippen MR) is 77.1 cm³/mol. The van der Waals surface area contributed by atoms with E-state index in [9.17, 15) is 0 Å². The molecule has 2 atom stereocenters. The van der Waals surface area contributed by atoms with Crippen molar-refractivity contribution in [2.45, 2.75) is 25.5 Å². The molecule has 5 heteroatoms. The molecule has 0 saturated carbocycles. The van der Waals surface area contributed by atoms with Crippen LogP contribution in [0.5, 0.6) is 0 Å². The topological polar surface area (TPSA) is 54.3 Å². The van der Waals surface area contributed by atoms with Crippen molar-refractivity contribution >= 4 is 21.6 Å². The van der Waals surface area contributed by atoms with Crippen molar-refractivity contribution < 1.29 is 9.47 Å². The van der Waals surface area contributed by atoms with Crippen molar-refractivity contribution in [2.24, 2.45) is 0 Å². The van der Waals surface area contributed by atoms with Gasteiger partial charge in [-0.15, -0.1) is 0 Å². The summed E-state index contributed by atoms with van der Waals surface area (Å²) < 4.78 is 11.9. The zero-order valence-electron chi connectivity index (χ0n) is 10.9. The molecule has 4 nitrogen and oxygen atoms in total. The molecule has 19 heavy (non-hydrogen) atoms. The van der Waals surface area contributed by atoms with Crippen LogP contribution in [0.4, 0.5) is 5.69 Å². The van der Waals surface area contributed by atoms with Crippen molar-refractivity contribution in [3.8, 4) is 6.07 Å². The highest BCUT2D eigenvalue weighted by molar-refractivity contribution is 9.10.